The Morgan fingerprint density at radius 1 is 1.35 bits per heavy atom. The molecule has 1 aromatic carbocycles. The van der Waals surface area contributed by atoms with E-state index in [2.05, 4.69) is 11.9 Å². The molecule has 1 unspecified atom stereocenters. The van der Waals surface area contributed by atoms with E-state index in [4.69, 9.17) is 10.5 Å². The molecular weight excluding hydrogens is 220 g/mol. The zero-order valence-corrected chi connectivity index (χ0v) is 9.47. The number of carbonyl (C=O) groups is 2. The SMILES string of the molecule is C=C(NC(=O)C(C)Oc1ccccc1)C(N)=O. The molecule has 3 N–H and O–H groups in total. The van der Waals surface area contributed by atoms with Gasteiger partial charge in [-0.25, -0.2) is 0 Å². The zero-order chi connectivity index (χ0) is 12.8. The molecule has 0 saturated heterocycles. The topological polar surface area (TPSA) is 81.4 Å². The second-order valence-corrected chi connectivity index (χ2v) is 3.41. The maximum Gasteiger partial charge on any atom is 0.265 e. The van der Waals surface area contributed by atoms with Crippen LogP contribution in [0, 0.1) is 0 Å². The van der Waals surface area contributed by atoms with E-state index in [1.165, 1.54) is 0 Å². The third-order valence-electron chi connectivity index (χ3n) is 2.00. The average Bonchev–Trinajstić information content (AvgIpc) is 2.29. The van der Waals surface area contributed by atoms with Crippen LogP contribution in [0.3, 0.4) is 0 Å². The maximum absolute atomic E-state index is 11.6. The van der Waals surface area contributed by atoms with Gasteiger partial charge in [0, 0.05) is 0 Å². The summed E-state index contributed by atoms with van der Waals surface area (Å²) in [6.45, 7) is 4.89. The van der Waals surface area contributed by atoms with E-state index in [1.807, 2.05) is 6.07 Å². The van der Waals surface area contributed by atoms with Crippen LogP contribution < -0.4 is 15.8 Å². The van der Waals surface area contributed by atoms with Crippen LogP contribution in [0.5, 0.6) is 5.75 Å². The van der Waals surface area contributed by atoms with Gasteiger partial charge in [0.2, 0.25) is 0 Å². The van der Waals surface area contributed by atoms with Crippen LogP contribution in [-0.4, -0.2) is 17.9 Å². The minimum absolute atomic E-state index is 0.154. The summed E-state index contributed by atoms with van der Waals surface area (Å²) in [5, 5.41) is 2.27. The number of ether oxygens (including phenoxy) is 1. The Morgan fingerprint density at radius 3 is 2.47 bits per heavy atom. The quantitative estimate of drug-likeness (QED) is 0.731. The molecule has 0 spiro atoms. The van der Waals surface area contributed by atoms with E-state index < -0.39 is 17.9 Å². The van der Waals surface area contributed by atoms with Crippen LogP contribution >= 0.6 is 0 Å². The highest BCUT2D eigenvalue weighted by Crippen LogP contribution is 2.10. The standard InChI is InChI=1S/C12H14N2O3/c1-8(11(13)15)14-12(16)9(2)17-10-6-4-3-5-7-10/h3-7,9H,1H2,2H3,(H2,13,15)(H,14,16). The molecule has 0 heterocycles. The van der Waals surface area contributed by atoms with Gasteiger partial charge in [0.25, 0.3) is 11.8 Å². The van der Waals surface area contributed by atoms with Gasteiger partial charge in [-0.1, -0.05) is 24.8 Å². The van der Waals surface area contributed by atoms with E-state index in [0.29, 0.717) is 5.75 Å². The summed E-state index contributed by atoms with van der Waals surface area (Å²) < 4.78 is 5.35. The maximum atomic E-state index is 11.6. The van der Waals surface area contributed by atoms with Gasteiger partial charge in [-0.3, -0.25) is 9.59 Å². The molecule has 0 bridgehead atoms. The van der Waals surface area contributed by atoms with Gasteiger partial charge in [-0.15, -0.1) is 0 Å². The Hall–Kier alpha value is -2.30. The number of carbonyl (C=O) groups excluding carboxylic acids is 2. The summed E-state index contributed by atoms with van der Waals surface area (Å²) in [5.41, 5.74) is 4.79. The molecule has 2 amide bonds. The van der Waals surface area contributed by atoms with Gasteiger partial charge in [-0.05, 0) is 19.1 Å². The van der Waals surface area contributed by atoms with Gasteiger partial charge in [-0.2, -0.15) is 0 Å². The Morgan fingerprint density at radius 2 is 1.94 bits per heavy atom. The lowest BCUT2D eigenvalue weighted by molar-refractivity contribution is -0.127. The first-order valence-electron chi connectivity index (χ1n) is 5.02. The second-order valence-electron chi connectivity index (χ2n) is 3.41. The first-order chi connectivity index (χ1) is 8.00. The van der Waals surface area contributed by atoms with E-state index in [9.17, 15) is 9.59 Å². The van der Waals surface area contributed by atoms with Crippen molar-refractivity contribution in [2.24, 2.45) is 5.73 Å². The van der Waals surface area contributed by atoms with Crippen LogP contribution in [0.4, 0.5) is 0 Å². The zero-order valence-electron chi connectivity index (χ0n) is 9.47. The van der Waals surface area contributed by atoms with Gasteiger partial charge >= 0.3 is 0 Å². The first kappa shape index (κ1) is 12.8. The van der Waals surface area contributed by atoms with Crippen molar-refractivity contribution in [1.29, 1.82) is 0 Å². The van der Waals surface area contributed by atoms with Gasteiger partial charge in [0.1, 0.15) is 5.75 Å². The summed E-state index contributed by atoms with van der Waals surface area (Å²) in [7, 11) is 0. The smallest absolute Gasteiger partial charge is 0.265 e. The van der Waals surface area contributed by atoms with E-state index >= 15 is 0 Å². The van der Waals surface area contributed by atoms with Crippen molar-refractivity contribution in [2.45, 2.75) is 13.0 Å². The van der Waals surface area contributed by atoms with Crippen molar-refractivity contribution < 1.29 is 14.3 Å². The molecule has 1 aromatic rings. The molecule has 0 aliphatic carbocycles. The number of rotatable bonds is 5. The van der Waals surface area contributed by atoms with Crippen LogP contribution in [0.15, 0.2) is 42.6 Å². The summed E-state index contributed by atoms with van der Waals surface area (Å²) >= 11 is 0. The highest BCUT2D eigenvalue weighted by Gasteiger charge is 2.16. The summed E-state index contributed by atoms with van der Waals surface area (Å²) in [5.74, 6) is -0.678. The fourth-order valence-electron chi connectivity index (χ4n) is 1.07. The molecule has 90 valence electrons. The van der Waals surface area contributed by atoms with Crippen LogP contribution in [0.2, 0.25) is 0 Å². The summed E-state index contributed by atoms with van der Waals surface area (Å²) in [4.78, 5) is 22.2. The molecule has 0 radical (unpaired) electrons. The molecule has 0 aromatic heterocycles. The predicted molar refractivity (Wildman–Crippen MR) is 63.0 cm³/mol. The number of nitrogens with one attached hydrogen (secondary N) is 1. The normalized spacial score (nSPS) is 11.4. The lowest BCUT2D eigenvalue weighted by atomic mass is 10.3. The van der Waals surface area contributed by atoms with Gasteiger partial charge in [0.05, 0.1) is 5.70 Å². The summed E-state index contributed by atoms with van der Waals surface area (Å²) in [6.07, 6.45) is -0.742. The van der Waals surface area contributed by atoms with E-state index in [1.54, 1.807) is 31.2 Å². The number of amides is 2. The molecule has 0 fully saturated rings. The molecule has 17 heavy (non-hydrogen) atoms. The monoisotopic (exact) mass is 234 g/mol. The highest BCUT2D eigenvalue weighted by molar-refractivity contribution is 5.96. The van der Waals surface area contributed by atoms with E-state index in [-0.39, 0.29) is 5.70 Å². The first-order valence-corrected chi connectivity index (χ1v) is 5.02. The average molecular weight is 234 g/mol. The second kappa shape index (κ2) is 5.69. The Labute approximate surface area is 99.3 Å². The fraction of sp³-hybridized carbons (Fsp3) is 0.167. The van der Waals surface area contributed by atoms with Crippen LogP contribution in [-0.2, 0) is 9.59 Å². The van der Waals surface area contributed by atoms with Crippen molar-refractivity contribution in [2.75, 3.05) is 0 Å². The molecule has 5 heteroatoms. The van der Waals surface area contributed by atoms with Crippen molar-refractivity contribution in [3.63, 3.8) is 0 Å². The minimum Gasteiger partial charge on any atom is -0.481 e. The number of para-hydroxylation sites is 1. The third-order valence-corrected chi connectivity index (χ3v) is 2.00. The largest absolute Gasteiger partial charge is 0.481 e. The number of primary amides is 1. The molecule has 5 nitrogen and oxygen atoms in total. The number of hydrogen-bond donors (Lipinski definition) is 2. The highest BCUT2D eigenvalue weighted by atomic mass is 16.5. The molecule has 1 rings (SSSR count). The van der Waals surface area contributed by atoms with Crippen molar-refractivity contribution in [3.05, 3.63) is 42.6 Å². The summed E-state index contributed by atoms with van der Waals surface area (Å²) in [6, 6.07) is 8.89. The number of hydrogen-bond acceptors (Lipinski definition) is 3. The Balaban J connectivity index is 2.53. The third kappa shape index (κ3) is 3.98. The molecule has 0 saturated carbocycles. The molecule has 1 atom stereocenters. The molecular formula is C12H14N2O3. The van der Waals surface area contributed by atoms with Crippen molar-refractivity contribution in [1.82, 2.24) is 5.32 Å². The van der Waals surface area contributed by atoms with E-state index in [0.717, 1.165) is 0 Å². The molecule has 0 aliphatic heterocycles. The molecule has 0 aliphatic rings. The number of benzene rings is 1. The van der Waals surface area contributed by atoms with Crippen molar-refractivity contribution in [3.8, 4) is 5.75 Å². The van der Waals surface area contributed by atoms with Gasteiger partial charge in [0.15, 0.2) is 6.10 Å². The fourth-order valence-corrected chi connectivity index (χ4v) is 1.07. The predicted octanol–water partition coefficient (Wildman–Crippen LogP) is 0.569. The Bertz CT molecular complexity index is 429. The lowest BCUT2D eigenvalue weighted by Gasteiger charge is -2.14. The van der Waals surface area contributed by atoms with Crippen LogP contribution in [0.25, 0.3) is 0 Å². The Kier molecular flexibility index (Phi) is 4.28. The lowest BCUT2D eigenvalue weighted by Crippen LogP contribution is -2.38. The van der Waals surface area contributed by atoms with Crippen LogP contribution in [0.1, 0.15) is 6.92 Å². The minimum atomic E-state index is -0.773. The van der Waals surface area contributed by atoms with Crippen molar-refractivity contribution >= 4 is 11.8 Å². The van der Waals surface area contributed by atoms with Gasteiger partial charge < -0.3 is 15.8 Å². The number of nitrogens with two attached hydrogens (primary N) is 1.